The fourth-order valence-corrected chi connectivity index (χ4v) is 2.58. The van der Waals surface area contributed by atoms with Gasteiger partial charge in [0.05, 0.1) is 0 Å². The van der Waals surface area contributed by atoms with Crippen LogP contribution in [-0.4, -0.2) is 0 Å². The first-order chi connectivity index (χ1) is 7.65. The Hall–Kier alpha value is -0.930. The van der Waals surface area contributed by atoms with Gasteiger partial charge < -0.3 is 5.73 Å². The number of rotatable bonds is 2. The molecular weight excluding hydrogens is 282 g/mol. The molecule has 3 heteroatoms. The van der Waals surface area contributed by atoms with Crippen LogP contribution in [0.2, 0.25) is 0 Å². The molecule has 2 aromatic carbocycles. The zero-order chi connectivity index (χ0) is 11.5. The Balaban J connectivity index is 2.26. The molecule has 0 fully saturated rings. The lowest BCUT2D eigenvalue weighted by atomic mass is 10.2. The van der Waals surface area contributed by atoms with Crippen LogP contribution in [0.1, 0.15) is 5.56 Å². The van der Waals surface area contributed by atoms with E-state index in [2.05, 4.69) is 41.1 Å². The smallest absolute Gasteiger partial charge is 0.0456 e. The van der Waals surface area contributed by atoms with Crippen LogP contribution in [0.25, 0.3) is 0 Å². The second-order valence-corrected chi connectivity index (χ2v) is 5.63. The van der Waals surface area contributed by atoms with Crippen molar-refractivity contribution in [2.24, 2.45) is 0 Å². The molecule has 2 aromatic rings. The van der Waals surface area contributed by atoms with E-state index < -0.39 is 0 Å². The SMILES string of the molecule is Cc1ccc(N)c(Sc2ccc(Br)cc2)c1. The first-order valence-corrected chi connectivity index (χ1v) is 6.55. The van der Waals surface area contributed by atoms with Gasteiger partial charge in [0.2, 0.25) is 0 Å². The molecule has 0 aromatic heterocycles. The summed E-state index contributed by atoms with van der Waals surface area (Å²) in [5.41, 5.74) is 8.00. The Bertz CT molecular complexity index is 494. The van der Waals surface area contributed by atoms with Crippen molar-refractivity contribution in [2.45, 2.75) is 16.7 Å². The Kier molecular flexibility index (Phi) is 3.56. The van der Waals surface area contributed by atoms with Crippen molar-refractivity contribution in [1.29, 1.82) is 0 Å². The van der Waals surface area contributed by atoms with E-state index in [1.807, 2.05) is 24.3 Å². The van der Waals surface area contributed by atoms with E-state index in [-0.39, 0.29) is 0 Å². The summed E-state index contributed by atoms with van der Waals surface area (Å²) in [5.74, 6) is 0. The second-order valence-electron chi connectivity index (χ2n) is 3.60. The Morgan fingerprint density at radius 2 is 1.75 bits per heavy atom. The maximum absolute atomic E-state index is 5.94. The number of halogens is 1. The highest BCUT2D eigenvalue weighted by molar-refractivity contribution is 9.10. The van der Waals surface area contributed by atoms with E-state index in [0.29, 0.717) is 0 Å². The molecule has 0 radical (unpaired) electrons. The normalized spacial score (nSPS) is 10.4. The van der Waals surface area contributed by atoms with Gasteiger partial charge in [-0.15, -0.1) is 0 Å². The molecule has 0 aliphatic heterocycles. The van der Waals surface area contributed by atoms with Gasteiger partial charge in [0.25, 0.3) is 0 Å². The minimum atomic E-state index is 0.832. The van der Waals surface area contributed by atoms with Crippen LogP contribution in [0.3, 0.4) is 0 Å². The number of nitrogen functional groups attached to an aromatic ring is 1. The van der Waals surface area contributed by atoms with Crippen molar-refractivity contribution < 1.29 is 0 Å². The summed E-state index contributed by atoms with van der Waals surface area (Å²) in [7, 11) is 0. The number of anilines is 1. The van der Waals surface area contributed by atoms with Crippen LogP contribution in [-0.2, 0) is 0 Å². The number of benzene rings is 2. The predicted molar refractivity (Wildman–Crippen MR) is 73.9 cm³/mol. The van der Waals surface area contributed by atoms with E-state index in [4.69, 9.17) is 5.73 Å². The lowest BCUT2D eigenvalue weighted by Crippen LogP contribution is -1.88. The minimum Gasteiger partial charge on any atom is -0.398 e. The van der Waals surface area contributed by atoms with Crippen LogP contribution in [0.15, 0.2) is 56.7 Å². The topological polar surface area (TPSA) is 26.0 Å². The van der Waals surface area contributed by atoms with Gasteiger partial charge >= 0.3 is 0 Å². The molecule has 16 heavy (non-hydrogen) atoms. The summed E-state index contributed by atoms with van der Waals surface area (Å²) in [5, 5.41) is 0. The van der Waals surface area contributed by atoms with Crippen LogP contribution in [0.5, 0.6) is 0 Å². The van der Waals surface area contributed by atoms with Gasteiger partial charge in [0.1, 0.15) is 0 Å². The molecule has 0 heterocycles. The zero-order valence-corrected chi connectivity index (χ0v) is 11.3. The molecule has 1 nitrogen and oxygen atoms in total. The zero-order valence-electron chi connectivity index (χ0n) is 8.91. The molecule has 0 atom stereocenters. The van der Waals surface area contributed by atoms with Crippen molar-refractivity contribution in [1.82, 2.24) is 0 Å². The molecular formula is C13H12BrNS. The van der Waals surface area contributed by atoms with E-state index >= 15 is 0 Å². The van der Waals surface area contributed by atoms with E-state index in [9.17, 15) is 0 Å². The molecule has 0 unspecified atom stereocenters. The third kappa shape index (κ3) is 2.80. The first kappa shape index (κ1) is 11.6. The maximum Gasteiger partial charge on any atom is 0.0456 e. The monoisotopic (exact) mass is 293 g/mol. The molecule has 82 valence electrons. The fourth-order valence-electron chi connectivity index (χ4n) is 1.36. The van der Waals surface area contributed by atoms with Crippen LogP contribution in [0, 0.1) is 6.92 Å². The quantitative estimate of drug-likeness (QED) is 0.826. The van der Waals surface area contributed by atoms with Crippen LogP contribution < -0.4 is 5.73 Å². The summed E-state index contributed by atoms with van der Waals surface area (Å²) < 4.78 is 1.09. The van der Waals surface area contributed by atoms with Crippen molar-refractivity contribution in [2.75, 3.05) is 5.73 Å². The molecule has 0 aliphatic carbocycles. The first-order valence-electron chi connectivity index (χ1n) is 4.95. The van der Waals surface area contributed by atoms with Gasteiger partial charge in [-0.1, -0.05) is 33.8 Å². The van der Waals surface area contributed by atoms with Gasteiger partial charge in [-0.3, -0.25) is 0 Å². The number of hydrogen-bond donors (Lipinski definition) is 1. The van der Waals surface area contributed by atoms with E-state index in [1.54, 1.807) is 11.8 Å². The molecule has 0 saturated heterocycles. The summed E-state index contributed by atoms with van der Waals surface area (Å²) in [4.78, 5) is 2.31. The average Bonchev–Trinajstić information content (AvgIpc) is 2.27. The molecule has 0 aliphatic rings. The highest BCUT2D eigenvalue weighted by Gasteiger charge is 2.02. The number of hydrogen-bond acceptors (Lipinski definition) is 2. The summed E-state index contributed by atoms with van der Waals surface area (Å²) in [6.45, 7) is 2.07. The lowest BCUT2D eigenvalue weighted by Gasteiger charge is -2.06. The van der Waals surface area contributed by atoms with Crippen LogP contribution in [0.4, 0.5) is 5.69 Å². The predicted octanol–water partition coefficient (Wildman–Crippen LogP) is 4.49. The van der Waals surface area contributed by atoms with Crippen molar-refractivity contribution in [3.8, 4) is 0 Å². The number of aryl methyl sites for hydroxylation is 1. The van der Waals surface area contributed by atoms with Crippen molar-refractivity contribution in [3.63, 3.8) is 0 Å². The molecule has 0 spiro atoms. The van der Waals surface area contributed by atoms with E-state index in [1.165, 1.54) is 10.5 Å². The standard InChI is InChI=1S/C13H12BrNS/c1-9-2-7-12(15)13(8-9)16-11-5-3-10(14)4-6-11/h2-8H,15H2,1H3. The van der Waals surface area contributed by atoms with E-state index in [0.717, 1.165) is 15.1 Å². The highest BCUT2D eigenvalue weighted by Crippen LogP contribution is 2.33. The third-order valence-electron chi connectivity index (χ3n) is 2.21. The fraction of sp³-hybridized carbons (Fsp3) is 0.0769. The highest BCUT2D eigenvalue weighted by atomic mass is 79.9. The van der Waals surface area contributed by atoms with Gasteiger partial charge in [-0.2, -0.15) is 0 Å². The van der Waals surface area contributed by atoms with Crippen molar-refractivity contribution in [3.05, 3.63) is 52.5 Å². The Labute approximate surface area is 108 Å². The average molecular weight is 294 g/mol. The summed E-state index contributed by atoms with van der Waals surface area (Å²) in [6, 6.07) is 14.3. The van der Waals surface area contributed by atoms with Gasteiger partial charge in [-0.05, 0) is 48.9 Å². The molecule has 2 N–H and O–H groups in total. The van der Waals surface area contributed by atoms with Crippen molar-refractivity contribution >= 4 is 33.4 Å². The second kappa shape index (κ2) is 4.93. The van der Waals surface area contributed by atoms with Gasteiger partial charge in [0, 0.05) is 20.0 Å². The number of nitrogens with two attached hydrogens (primary N) is 1. The Morgan fingerprint density at radius 3 is 2.44 bits per heavy atom. The molecule has 2 rings (SSSR count). The summed E-state index contributed by atoms with van der Waals surface area (Å²) in [6.07, 6.45) is 0. The maximum atomic E-state index is 5.94. The lowest BCUT2D eigenvalue weighted by molar-refractivity contribution is 1.35. The van der Waals surface area contributed by atoms with Gasteiger partial charge in [-0.25, -0.2) is 0 Å². The largest absolute Gasteiger partial charge is 0.398 e. The third-order valence-corrected chi connectivity index (χ3v) is 3.82. The van der Waals surface area contributed by atoms with Gasteiger partial charge in [0.15, 0.2) is 0 Å². The molecule has 0 amide bonds. The Morgan fingerprint density at radius 1 is 1.06 bits per heavy atom. The molecule has 0 saturated carbocycles. The minimum absolute atomic E-state index is 0.832. The van der Waals surface area contributed by atoms with Crippen LogP contribution >= 0.6 is 27.7 Å². The summed E-state index contributed by atoms with van der Waals surface area (Å²) >= 11 is 5.11. The molecule has 0 bridgehead atoms.